The van der Waals surface area contributed by atoms with Gasteiger partial charge < -0.3 is 15.5 Å². The van der Waals surface area contributed by atoms with Crippen molar-refractivity contribution < 1.29 is 9.59 Å². The Balaban J connectivity index is 1.98. The zero-order chi connectivity index (χ0) is 12.6. The average molecular weight is 255 g/mol. The Kier molecular flexibility index (Phi) is 3.07. The number of hydrogen-bond acceptors (Lipinski definition) is 3. The van der Waals surface area contributed by atoms with Gasteiger partial charge in [-0.2, -0.15) is 0 Å². The summed E-state index contributed by atoms with van der Waals surface area (Å²) in [6.45, 7) is 1.83. The number of amides is 2. The molecule has 0 aromatic carbocycles. The molecule has 1 heterocycles. The molecule has 0 atom stereocenters. The molecule has 6 heteroatoms. The van der Waals surface area contributed by atoms with E-state index in [1.54, 1.807) is 11.9 Å². The van der Waals surface area contributed by atoms with E-state index in [2.05, 4.69) is 0 Å². The van der Waals surface area contributed by atoms with Crippen LogP contribution in [-0.4, -0.2) is 53.3 Å². The maximum atomic E-state index is 11.8. The van der Waals surface area contributed by atoms with Crippen molar-refractivity contribution in [3.05, 3.63) is 0 Å². The van der Waals surface area contributed by atoms with Crippen molar-refractivity contribution >= 4 is 29.0 Å². The van der Waals surface area contributed by atoms with Crippen LogP contribution in [0.1, 0.15) is 19.3 Å². The molecular weight excluding hydrogens is 238 g/mol. The first kappa shape index (κ1) is 12.3. The summed E-state index contributed by atoms with van der Waals surface area (Å²) >= 11 is 4.92. The highest BCUT2D eigenvalue weighted by Crippen LogP contribution is 2.49. The molecule has 0 radical (unpaired) electrons. The number of nitrogens with two attached hydrogens (primary N) is 1. The molecule has 5 nitrogen and oxygen atoms in total. The van der Waals surface area contributed by atoms with Crippen molar-refractivity contribution in [3.63, 3.8) is 0 Å². The fourth-order valence-electron chi connectivity index (χ4n) is 2.27. The molecule has 2 aliphatic rings. The second-order valence-corrected chi connectivity index (χ2v) is 5.62. The minimum absolute atomic E-state index is 0.0533. The van der Waals surface area contributed by atoms with E-state index in [9.17, 15) is 9.59 Å². The molecule has 1 saturated carbocycles. The predicted molar refractivity (Wildman–Crippen MR) is 67.3 cm³/mol. The third-order valence-electron chi connectivity index (χ3n) is 3.55. The summed E-state index contributed by atoms with van der Waals surface area (Å²) in [5.74, 6) is -0.810. The monoisotopic (exact) mass is 255 g/mol. The minimum atomic E-state index is -0.414. The van der Waals surface area contributed by atoms with Crippen LogP contribution in [0.25, 0.3) is 0 Å². The summed E-state index contributed by atoms with van der Waals surface area (Å²) in [5, 5.41) is 0. The van der Waals surface area contributed by atoms with Gasteiger partial charge in [0.05, 0.1) is 4.99 Å². The number of nitrogens with zero attached hydrogens (tertiary/aromatic N) is 2. The Hall–Kier alpha value is -1.17. The van der Waals surface area contributed by atoms with Gasteiger partial charge in [-0.3, -0.25) is 9.59 Å². The lowest BCUT2D eigenvalue weighted by Crippen LogP contribution is -2.54. The van der Waals surface area contributed by atoms with Crippen LogP contribution in [0, 0.1) is 5.41 Å². The first-order valence-electron chi connectivity index (χ1n) is 5.76. The van der Waals surface area contributed by atoms with Crippen molar-refractivity contribution in [1.82, 2.24) is 9.80 Å². The third kappa shape index (κ3) is 2.57. The topological polar surface area (TPSA) is 66.6 Å². The molecule has 0 unspecified atom stereocenters. The second kappa shape index (κ2) is 4.25. The molecule has 17 heavy (non-hydrogen) atoms. The number of likely N-dealkylation sites (N-methyl/N-ethyl adjacent to an activating group) is 1. The lowest BCUT2D eigenvalue weighted by Gasteiger charge is -2.34. The van der Waals surface area contributed by atoms with Crippen LogP contribution in [0.2, 0.25) is 0 Å². The van der Waals surface area contributed by atoms with Gasteiger partial charge in [0, 0.05) is 33.1 Å². The normalized spacial score (nSPS) is 22.9. The Morgan fingerprint density at radius 1 is 1.35 bits per heavy atom. The lowest BCUT2D eigenvalue weighted by molar-refractivity contribution is -0.155. The van der Waals surface area contributed by atoms with Crippen molar-refractivity contribution in [3.8, 4) is 0 Å². The van der Waals surface area contributed by atoms with Crippen LogP contribution >= 0.6 is 12.2 Å². The van der Waals surface area contributed by atoms with E-state index in [1.807, 2.05) is 0 Å². The van der Waals surface area contributed by atoms with Crippen molar-refractivity contribution in [2.24, 2.45) is 11.1 Å². The van der Waals surface area contributed by atoms with Gasteiger partial charge in [-0.15, -0.1) is 0 Å². The number of hydrogen-bond donors (Lipinski definition) is 1. The lowest BCUT2D eigenvalue weighted by atomic mass is 10.0. The van der Waals surface area contributed by atoms with Crippen molar-refractivity contribution in [1.29, 1.82) is 0 Å². The zero-order valence-corrected chi connectivity index (χ0v) is 10.8. The Labute approximate surface area is 106 Å². The van der Waals surface area contributed by atoms with Crippen LogP contribution in [0.4, 0.5) is 0 Å². The van der Waals surface area contributed by atoms with Gasteiger partial charge in [0.2, 0.25) is 0 Å². The third-order valence-corrected chi connectivity index (χ3v) is 3.70. The molecule has 2 fully saturated rings. The Morgan fingerprint density at radius 3 is 2.53 bits per heavy atom. The Morgan fingerprint density at radius 2 is 2.00 bits per heavy atom. The van der Waals surface area contributed by atoms with Gasteiger partial charge in [-0.05, 0) is 18.3 Å². The average Bonchev–Trinajstić information content (AvgIpc) is 2.98. The largest absolute Gasteiger partial charge is 0.393 e. The highest BCUT2D eigenvalue weighted by atomic mass is 32.1. The number of rotatable bonds is 4. The fourth-order valence-corrected chi connectivity index (χ4v) is 2.57. The SMILES string of the molecule is CN1CCN(CC2(CC(N)=S)CC2)C(=O)C1=O. The van der Waals surface area contributed by atoms with Crippen LogP contribution in [0.15, 0.2) is 0 Å². The van der Waals surface area contributed by atoms with Gasteiger partial charge >= 0.3 is 11.8 Å². The molecule has 0 spiro atoms. The summed E-state index contributed by atoms with van der Waals surface area (Å²) < 4.78 is 0. The molecule has 1 aliphatic carbocycles. The van der Waals surface area contributed by atoms with E-state index in [-0.39, 0.29) is 5.41 Å². The van der Waals surface area contributed by atoms with Crippen molar-refractivity contribution in [2.75, 3.05) is 26.7 Å². The highest BCUT2D eigenvalue weighted by molar-refractivity contribution is 7.80. The van der Waals surface area contributed by atoms with Gasteiger partial charge in [-0.25, -0.2) is 0 Å². The van der Waals surface area contributed by atoms with Gasteiger partial charge in [0.1, 0.15) is 0 Å². The molecule has 1 aliphatic heterocycles. The summed E-state index contributed by atoms with van der Waals surface area (Å²) in [5.41, 5.74) is 5.61. The highest BCUT2D eigenvalue weighted by Gasteiger charge is 2.46. The van der Waals surface area contributed by atoms with Crippen LogP contribution in [0.3, 0.4) is 0 Å². The standard InChI is InChI=1S/C11H17N3O2S/c1-13-4-5-14(10(16)9(13)15)7-11(2-3-11)6-8(12)17/h2-7H2,1H3,(H2,12,17). The molecule has 2 N–H and O–H groups in total. The van der Waals surface area contributed by atoms with Gasteiger partial charge in [0.15, 0.2) is 0 Å². The van der Waals surface area contributed by atoms with Gasteiger partial charge in [0.25, 0.3) is 0 Å². The quantitative estimate of drug-likeness (QED) is 0.555. The first-order valence-corrected chi connectivity index (χ1v) is 6.17. The molecule has 1 saturated heterocycles. The molecule has 2 amide bonds. The van der Waals surface area contributed by atoms with E-state index < -0.39 is 11.8 Å². The fraction of sp³-hybridized carbons (Fsp3) is 0.727. The van der Waals surface area contributed by atoms with E-state index >= 15 is 0 Å². The smallest absolute Gasteiger partial charge is 0.312 e. The zero-order valence-electron chi connectivity index (χ0n) is 9.94. The van der Waals surface area contributed by atoms with E-state index in [1.165, 1.54) is 4.90 Å². The number of thiocarbonyl (C=S) groups is 1. The van der Waals surface area contributed by atoms with Crippen LogP contribution in [-0.2, 0) is 9.59 Å². The minimum Gasteiger partial charge on any atom is -0.393 e. The van der Waals surface area contributed by atoms with Crippen molar-refractivity contribution in [2.45, 2.75) is 19.3 Å². The summed E-state index contributed by atoms with van der Waals surface area (Å²) in [6.07, 6.45) is 2.76. The first-order chi connectivity index (χ1) is 7.93. The Bertz CT molecular complexity index is 379. The van der Waals surface area contributed by atoms with E-state index in [0.29, 0.717) is 31.0 Å². The summed E-state index contributed by atoms with van der Waals surface area (Å²) in [4.78, 5) is 27.0. The number of piperazine rings is 1. The van der Waals surface area contributed by atoms with Gasteiger partial charge in [-0.1, -0.05) is 12.2 Å². The number of carbonyl (C=O) groups excluding carboxylic acids is 2. The van der Waals surface area contributed by atoms with Crippen LogP contribution < -0.4 is 5.73 Å². The molecular formula is C11H17N3O2S. The van der Waals surface area contributed by atoms with E-state index in [4.69, 9.17) is 18.0 Å². The summed E-state index contributed by atoms with van der Waals surface area (Å²) in [7, 11) is 1.65. The molecule has 94 valence electrons. The maximum Gasteiger partial charge on any atom is 0.312 e. The van der Waals surface area contributed by atoms with E-state index in [0.717, 1.165) is 12.8 Å². The maximum absolute atomic E-state index is 11.8. The number of carbonyl (C=O) groups is 2. The molecule has 0 aromatic rings. The predicted octanol–water partition coefficient (Wildman–Crippen LogP) is -0.257. The second-order valence-electron chi connectivity index (χ2n) is 5.10. The molecule has 0 aromatic heterocycles. The molecule has 2 rings (SSSR count). The summed E-state index contributed by atoms with van der Waals surface area (Å²) in [6, 6.07) is 0. The van der Waals surface area contributed by atoms with Crippen LogP contribution in [0.5, 0.6) is 0 Å². The molecule has 0 bridgehead atoms.